The van der Waals surface area contributed by atoms with E-state index >= 15 is 0 Å². The van der Waals surface area contributed by atoms with Crippen LogP contribution in [-0.2, 0) is 6.54 Å². The lowest BCUT2D eigenvalue weighted by molar-refractivity contribution is 0.0659. The first-order valence-electron chi connectivity index (χ1n) is 10.2. The minimum absolute atomic E-state index is 0.0155. The zero-order chi connectivity index (χ0) is 19.5. The zero-order valence-corrected chi connectivity index (χ0v) is 16.1. The van der Waals surface area contributed by atoms with Gasteiger partial charge in [-0.25, -0.2) is 0 Å². The fraction of sp³-hybridized carbons (Fsp3) is 0.478. The van der Waals surface area contributed by atoms with Crippen molar-refractivity contribution in [3.63, 3.8) is 0 Å². The third kappa shape index (κ3) is 3.49. The van der Waals surface area contributed by atoms with Crippen molar-refractivity contribution < 1.29 is 15.3 Å². The largest absolute Gasteiger partial charge is 0.396 e. The van der Waals surface area contributed by atoms with Gasteiger partial charge in [0, 0.05) is 44.3 Å². The van der Waals surface area contributed by atoms with Crippen LogP contribution >= 0.6 is 0 Å². The van der Waals surface area contributed by atoms with E-state index in [1.807, 2.05) is 12.1 Å². The van der Waals surface area contributed by atoms with Gasteiger partial charge >= 0.3 is 0 Å². The van der Waals surface area contributed by atoms with Crippen LogP contribution in [0.25, 0.3) is 0 Å². The van der Waals surface area contributed by atoms with E-state index in [1.165, 1.54) is 11.1 Å². The molecule has 0 bridgehead atoms. The molecule has 2 heterocycles. The molecule has 5 heteroatoms. The van der Waals surface area contributed by atoms with Crippen LogP contribution in [0.2, 0.25) is 0 Å². The number of hydrogen-bond acceptors (Lipinski definition) is 5. The minimum Gasteiger partial charge on any atom is -0.396 e. The summed E-state index contributed by atoms with van der Waals surface area (Å²) < 4.78 is 0. The Hall–Kier alpha value is -1.76. The first-order chi connectivity index (χ1) is 13.8. The number of rotatable bonds is 7. The molecular formula is C23H30N2O3. The van der Waals surface area contributed by atoms with Gasteiger partial charge in [-0.3, -0.25) is 9.80 Å². The molecule has 3 N–H and O–H groups in total. The Morgan fingerprint density at radius 1 is 0.821 bits per heavy atom. The molecular weight excluding hydrogens is 352 g/mol. The van der Waals surface area contributed by atoms with Crippen LogP contribution in [0, 0.1) is 11.8 Å². The van der Waals surface area contributed by atoms with Gasteiger partial charge in [-0.15, -0.1) is 0 Å². The van der Waals surface area contributed by atoms with Crippen LogP contribution in [0.5, 0.6) is 0 Å². The Labute approximate surface area is 166 Å². The van der Waals surface area contributed by atoms with Crippen molar-refractivity contribution in [3.8, 4) is 0 Å². The van der Waals surface area contributed by atoms with Crippen molar-refractivity contribution in [1.82, 2.24) is 9.80 Å². The van der Waals surface area contributed by atoms with Gasteiger partial charge in [0.15, 0.2) is 0 Å². The van der Waals surface area contributed by atoms with Gasteiger partial charge in [-0.05, 0) is 23.5 Å². The number of aliphatic hydroxyl groups is 3. The molecule has 4 rings (SSSR count). The molecule has 0 radical (unpaired) electrons. The van der Waals surface area contributed by atoms with Gasteiger partial charge in [0.25, 0.3) is 0 Å². The highest BCUT2D eigenvalue weighted by Crippen LogP contribution is 2.48. The summed E-state index contributed by atoms with van der Waals surface area (Å²) in [6, 6.07) is 21.0. The van der Waals surface area contributed by atoms with E-state index in [4.69, 9.17) is 0 Å². The van der Waals surface area contributed by atoms with Gasteiger partial charge < -0.3 is 15.3 Å². The Morgan fingerprint density at radius 3 is 2.11 bits per heavy atom. The molecule has 0 saturated carbocycles. The SMILES string of the molecule is OCC[C@@H]1[C@@H](CO)[C@H]2N(Cc3ccccc3)C[C@H](c3ccccc3)N2[C@@H]1CO. The fourth-order valence-corrected chi connectivity index (χ4v) is 5.39. The topological polar surface area (TPSA) is 67.2 Å². The van der Waals surface area contributed by atoms with E-state index in [2.05, 4.69) is 58.3 Å². The molecule has 0 aliphatic carbocycles. The molecule has 0 aromatic heterocycles. The smallest absolute Gasteiger partial charge is 0.0689 e. The van der Waals surface area contributed by atoms with Crippen molar-refractivity contribution in [2.75, 3.05) is 26.4 Å². The van der Waals surface area contributed by atoms with E-state index in [1.54, 1.807) is 0 Å². The highest BCUT2D eigenvalue weighted by atomic mass is 16.3. The van der Waals surface area contributed by atoms with Gasteiger partial charge in [0.2, 0.25) is 0 Å². The maximum Gasteiger partial charge on any atom is 0.0689 e. The molecule has 5 atom stereocenters. The average molecular weight is 383 g/mol. The normalized spacial score (nSPS) is 30.6. The van der Waals surface area contributed by atoms with E-state index in [0.717, 1.165) is 13.1 Å². The van der Waals surface area contributed by atoms with E-state index < -0.39 is 0 Å². The molecule has 0 spiro atoms. The van der Waals surface area contributed by atoms with Crippen LogP contribution in [0.3, 0.4) is 0 Å². The molecule has 2 aromatic carbocycles. The van der Waals surface area contributed by atoms with E-state index in [0.29, 0.717) is 6.42 Å². The molecule has 2 aliphatic heterocycles. The second kappa shape index (κ2) is 8.72. The van der Waals surface area contributed by atoms with Crippen molar-refractivity contribution >= 4 is 0 Å². The first-order valence-corrected chi connectivity index (χ1v) is 10.2. The van der Waals surface area contributed by atoms with Crippen molar-refractivity contribution in [2.45, 2.75) is 31.2 Å². The minimum atomic E-state index is -0.0553. The highest BCUT2D eigenvalue weighted by molar-refractivity contribution is 5.24. The monoisotopic (exact) mass is 382 g/mol. The summed E-state index contributed by atoms with van der Waals surface area (Å²) in [5.74, 6) is 0.0940. The van der Waals surface area contributed by atoms with Crippen LogP contribution < -0.4 is 0 Å². The van der Waals surface area contributed by atoms with Crippen LogP contribution in [0.4, 0.5) is 0 Å². The number of aliphatic hydroxyl groups excluding tert-OH is 3. The zero-order valence-electron chi connectivity index (χ0n) is 16.1. The predicted molar refractivity (Wildman–Crippen MR) is 108 cm³/mol. The lowest BCUT2D eigenvalue weighted by Gasteiger charge is -2.31. The molecule has 0 unspecified atom stereocenters. The molecule has 0 amide bonds. The molecule has 2 aromatic rings. The lowest BCUT2D eigenvalue weighted by atomic mass is 9.86. The van der Waals surface area contributed by atoms with Gasteiger partial charge in [-0.1, -0.05) is 60.7 Å². The highest BCUT2D eigenvalue weighted by Gasteiger charge is 2.56. The molecule has 2 saturated heterocycles. The Kier molecular flexibility index (Phi) is 6.09. The van der Waals surface area contributed by atoms with Crippen molar-refractivity contribution in [2.24, 2.45) is 11.8 Å². The molecule has 5 nitrogen and oxygen atoms in total. The Bertz CT molecular complexity index is 742. The third-order valence-corrected chi connectivity index (χ3v) is 6.53. The molecule has 150 valence electrons. The van der Waals surface area contributed by atoms with E-state index in [-0.39, 0.29) is 49.9 Å². The molecule has 2 fully saturated rings. The number of nitrogens with zero attached hydrogens (tertiary/aromatic N) is 2. The van der Waals surface area contributed by atoms with Gasteiger partial charge in [-0.2, -0.15) is 0 Å². The first kappa shape index (κ1) is 19.6. The average Bonchev–Trinajstić information content (AvgIpc) is 3.25. The van der Waals surface area contributed by atoms with Crippen molar-refractivity contribution in [3.05, 3.63) is 71.8 Å². The quantitative estimate of drug-likeness (QED) is 0.682. The lowest BCUT2D eigenvalue weighted by Crippen LogP contribution is -2.42. The maximum absolute atomic E-state index is 10.2. The maximum atomic E-state index is 10.2. The molecule has 2 aliphatic rings. The standard InChI is InChI=1S/C23H30N2O3/c26-12-11-19-20(15-27)23-24(13-17-7-3-1-4-8-17)14-21(25(23)22(19)16-28)18-9-5-2-6-10-18/h1-10,19-23,26-28H,11-16H2/t19-,20-,21-,22-,23+/m1/s1. The van der Waals surface area contributed by atoms with Crippen molar-refractivity contribution in [1.29, 1.82) is 0 Å². The number of benzene rings is 2. The predicted octanol–water partition coefficient (Wildman–Crippen LogP) is 1.85. The summed E-state index contributed by atoms with van der Waals surface area (Å²) in [5.41, 5.74) is 2.49. The summed E-state index contributed by atoms with van der Waals surface area (Å²) >= 11 is 0. The second-order valence-corrected chi connectivity index (χ2v) is 7.97. The number of fused-ring (bicyclic) bond motifs is 1. The number of hydrogen-bond donors (Lipinski definition) is 3. The Balaban J connectivity index is 1.71. The van der Waals surface area contributed by atoms with Gasteiger partial charge in [0.1, 0.15) is 0 Å². The summed E-state index contributed by atoms with van der Waals surface area (Å²) in [7, 11) is 0. The summed E-state index contributed by atoms with van der Waals surface area (Å²) in [6.07, 6.45) is 0.661. The fourth-order valence-electron chi connectivity index (χ4n) is 5.39. The van der Waals surface area contributed by atoms with Crippen LogP contribution in [-0.4, -0.2) is 63.7 Å². The summed E-state index contributed by atoms with van der Waals surface area (Å²) in [5, 5.41) is 30.1. The summed E-state index contributed by atoms with van der Waals surface area (Å²) in [4.78, 5) is 4.84. The van der Waals surface area contributed by atoms with Crippen LogP contribution in [0.15, 0.2) is 60.7 Å². The third-order valence-electron chi connectivity index (χ3n) is 6.53. The van der Waals surface area contributed by atoms with E-state index in [9.17, 15) is 15.3 Å². The summed E-state index contributed by atoms with van der Waals surface area (Å²) in [6.45, 7) is 1.86. The van der Waals surface area contributed by atoms with Crippen LogP contribution in [0.1, 0.15) is 23.6 Å². The molecule has 28 heavy (non-hydrogen) atoms. The van der Waals surface area contributed by atoms with Gasteiger partial charge in [0.05, 0.1) is 12.8 Å². The Morgan fingerprint density at radius 2 is 1.50 bits per heavy atom. The second-order valence-electron chi connectivity index (χ2n) is 7.97.